The van der Waals surface area contributed by atoms with Gasteiger partial charge < -0.3 is 14.3 Å². The molecule has 0 unspecified atom stereocenters. The predicted molar refractivity (Wildman–Crippen MR) is 153 cm³/mol. The number of aryl methyl sites for hydroxylation is 2. The number of hydrogen-bond donors (Lipinski definition) is 1. The van der Waals surface area contributed by atoms with Gasteiger partial charge in [-0.25, -0.2) is 13.8 Å². The standard InChI is InChI=1S/C28H19BrCl2F2N4O2/c1-14-34-27-22(36(14)2)13-17(29)24(25(27)31)16-5-4-10-37-20(16)7-8-21(37)28(39)15-11-18(32)26(19(33)12-15)35-23(38)6-3-9-30/h3-8,10-13H,9H2,1-2H3,(H,35,38)/b6-3+. The zero-order chi connectivity index (χ0) is 28.0. The summed E-state index contributed by atoms with van der Waals surface area (Å²) in [4.78, 5) is 29.8. The molecule has 198 valence electrons. The maximum Gasteiger partial charge on any atom is 0.248 e. The molecule has 11 heteroatoms. The van der Waals surface area contributed by atoms with Gasteiger partial charge in [-0.2, -0.15) is 0 Å². The highest BCUT2D eigenvalue weighted by Gasteiger charge is 2.22. The van der Waals surface area contributed by atoms with Crippen molar-refractivity contribution in [3.63, 3.8) is 0 Å². The molecular weight excluding hydrogens is 613 g/mol. The van der Waals surface area contributed by atoms with Crippen LogP contribution in [-0.4, -0.2) is 31.5 Å². The molecule has 0 fully saturated rings. The van der Waals surface area contributed by atoms with Crippen molar-refractivity contribution in [1.29, 1.82) is 0 Å². The molecule has 0 aliphatic carbocycles. The Labute approximate surface area is 240 Å². The fourth-order valence-corrected chi connectivity index (χ4v) is 5.61. The molecule has 0 saturated carbocycles. The first-order valence-corrected chi connectivity index (χ1v) is 13.3. The molecule has 0 aliphatic rings. The lowest BCUT2D eigenvalue weighted by molar-refractivity contribution is -0.112. The molecule has 39 heavy (non-hydrogen) atoms. The Balaban J connectivity index is 1.56. The van der Waals surface area contributed by atoms with Crippen LogP contribution in [0.1, 0.15) is 21.9 Å². The fraction of sp³-hybridized carbons (Fsp3) is 0.107. The van der Waals surface area contributed by atoms with E-state index in [2.05, 4.69) is 26.2 Å². The van der Waals surface area contributed by atoms with Gasteiger partial charge in [-0.15, -0.1) is 11.6 Å². The third-order valence-electron chi connectivity index (χ3n) is 6.40. The van der Waals surface area contributed by atoms with Crippen molar-refractivity contribution in [2.75, 3.05) is 11.2 Å². The highest BCUT2D eigenvalue weighted by atomic mass is 79.9. The molecule has 6 nitrogen and oxygen atoms in total. The van der Waals surface area contributed by atoms with Gasteiger partial charge in [-0.1, -0.05) is 39.7 Å². The minimum Gasteiger partial charge on any atom is -0.331 e. The number of ketones is 1. The predicted octanol–water partition coefficient (Wildman–Crippen LogP) is 7.46. The van der Waals surface area contributed by atoms with E-state index >= 15 is 0 Å². The SMILES string of the molecule is Cc1nc2c(Cl)c(-c3cccn4c(C(=O)c5cc(F)c(NC(=O)/C=C/CCl)c(F)c5)ccc34)c(Br)cc2n1C. The molecule has 0 bridgehead atoms. The number of imidazole rings is 1. The number of nitrogens with zero attached hydrogens (tertiary/aromatic N) is 3. The van der Waals surface area contributed by atoms with E-state index in [4.69, 9.17) is 23.2 Å². The van der Waals surface area contributed by atoms with Crippen LogP contribution in [0.5, 0.6) is 0 Å². The lowest BCUT2D eigenvalue weighted by Gasteiger charge is -2.12. The number of halogens is 5. The number of rotatable bonds is 6. The van der Waals surface area contributed by atoms with Gasteiger partial charge in [-0.05, 0) is 43.3 Å². The largest absolute Gasteiger partial charge is 0.331 e. The first-order valence-electron chi connectivity index (χ1n) is 11.6. The number of aromatic nitrogens is 3. The topological polar surface area (TPSA) is 68.4 Å². The van der Waals surface area contributed by atoms with Crippen molar-refractivity contribution >= 4 is 73.1 Å². The number of fused-ring (bicyclic) bond motifs is 2. The van der Waals surface area contributed by atoms with E-state index in [9.17, 15) is 18.4 Å². The molecular formula is C28H19BrCl2F2N4O2. The van der Waals surface area contributed by atoms with Crippen LogP contribution >= 0.6 is 39.1 Å². The highest BCUT2D eigenvalue weighted by molar-refractivity contribution is 9.10. The van der Waals surface area contributed by atoms with Crippen molar-refractivity contribution in [1.82, 2.24) is 14.0 Å². The van der Waals surface area contributed by atoms with Crippen LogP contribution in [-0.2, 0) is 11.8 Å². The summed E-state index contributed by atoms with van der Waals surface area (Å²) >= 11 is 16.0. The van der Waals surface area contributed by atoms with Crippen molar-refractivity contribution in [3.05, 3.63) is 99.0 Å². The number of allylic oxidation sites excluding steroid dienone is 1. The fourth-order valence-electron chi connectivity index (χ4n) is 4.44. The number of carbonyl (C=O) groups is 2. The van der Waals surface area contributed by atoms with E-state index in [1.165, 1.54) is 6.08 Å². The zero-order valence-electron chi connectivity index (χ0n) is 20.5. The molecule has 3 heterocycles. The number of amides is 1. The van der Waals surface area contributed by atoms with Crippen molar-refractivity contribution < 1.29 is 18.4 Å². The summed E-state index contributed by atoms with van der Waals surface area (Å²) in [6.45, 7) is 1.89. The van der Waals surface area contributed by atoms with Gasteiger partial charge in [0, 0.05) is 46.4 Å². The smallest absolute Gasteiger partial charge is 0.248 e. The monoisotopic (exact) mass is 630 g/mol. The molecule has 1 N–H and O–H groups in total. The van der Waals surface area contributed by atoms with Crippen LogP contribution in [0.2, 0.25) is 5.02 Å². The molecule has 0 spiro atoms. The maximum atomic E-state index is 14.8. The Morgan fingerprint density at radius 2 is 1.85 bits per heavy atom. The normalized spacial score (nSPS) is 11.7. The first-order chi connectivity index (χ1) is 18.6. The van der Waals surface area contributed by atoms with Gasteiger partial charge in [0.2, 0.25) is 11.7 Å². The molecule has 5 aromatic rings. The lowest BCUT2D eigenvalue weighted by Crippen LogP contribution is -2.13. The Morgan fingerprint density at radius 1 is 1.13 bits per heavy atom. The number of pyridine rings is 1. The van der Waals surface area contributed by atoms with Crippen LogP contribution in [0.15, 0.2) is 65.3 Å². The quantitative estimate of drug-likeness (QED) is 0.120. The van der Waals surface area contributed by atoms with E-state index in [-0.39, 0.29) is 17.1 Å². The van der Waals surface area contributed by atoms with E-state index in [1.54, 1.807) is 28.8 Å². The summed E-state index contributed by atoms with van der Waals surface area (Å²) in [6.07, 6.45) is 4.08. The highest BCUT2D eigenvalue weighted by Crippen LogP contribution is 2.42. The second kappa shape index (κ2) is 10.6. The lowest BCUT2D eigenvalue weighted by atomic mass is 10.0. The first kappa shape index (κ1) is 27.1. The van der Waals surface area contributed by atoms with Crippen LogP contribution in [0.25, 0.3) is 27.7 Å². The molecule has 0 aliphatic heterocycles. The molecule has 0 saturated heterocycles. The van der Waals surface area contributed by atoms with Crippen LogP contribution in [0.3, 0.4) is 0 Å². The van der Waals surface area contributed by atoms with E-state index in [0.717, 1.165) is 39.6 Å². The van der Waals surface area contributed by atoms with Crippen molar-refractivity contribution in [2.45, 2.75) is 6.92 Å². The molecule has 0 radical (unpaired) electrons. The minimum atomic E-state index is -1.08. The van der Waals surface area contributed by atoms with E-state index in [0.29, 0.717) is 21.6 Å². The Kier molecular flexibility index (Phi) is 7.33. The Morgan fingerprint density at radius 3 is 2.54 bits per heavy atom. The molecule has 1 amide bonds. The van der Waals surface area contributed by atoms with Gasteiger partial charge in [-0.3, -0.25) is 9.59 Å². The Hall–Kier alpha value is -3.53. The summed E-state index contributed by atoms with van der Waals surface area (Å²) in [5.74, 6) is -2.64. The number of hydrogen-bond acceptors (Lipinski definition) is 3. The minimum absolute atomic E-state index is 0.0688. The second-order valence-corrected chi connectivity index (χ2v) is 10.3. The van der Waals surface area contributed by atoms with Crippen LogP contribution < -0.4 is 5.32 Å². The van der Waals surface area contributed by atoms with Gasteiger partial charge in [0.05, 0.1) is 21.7 Å². The van der Waals surface area contributed by atoms with Crippen LogP contribution in [0.4, 0.5) is 14.5 Å². The molecule has 3 aromatic heterocycles. The maximum absolute atomic E-state index is 14.8. The third-order valence-corrected chi connectivity index (χ3v) is 7.57. The average molecular weight is 632 g/mol. The molecule has 5 rings (SSSR count). The second-order valence-electron chi connectivity index (χ2n) is 8.72. The third kappa shape index (κ3) is 4.75. The van der Waals surface area contributed by atoms with Gasteiger partial charge in [0.1, 0.15) is 28.7 Å². The average Bonchev–Trinajstić information content (AvgIpc) is 3.46. The van der Waals surface area contributed by atoms with Gasteiger partial charge in [0.15, 0.2) is 0 Å². The van der Waals surface area contributed by atoms with E-state index < -0.39 is 29.0 Å². The zero-order valence-corrected chi connectivity index (χ0v) is 23.6. The number of benzene rings is 2. The van der Waals surface area contributed by atoms with Crippen LogP contribution in [0, 0.1) is 18.6 Å². The summed E-state index contributed by atoms with van der Waals surface area (Å²) in [7, 11) is 1.91. The van der Waals surface area contributed by atoms with Gasteiger partial charge in [0.25, 0.3) is 0 Å². The number of nitrogens with one attached hydrogen (secondary N) is 1. The summed E-state index contributed by atoms with van der Waals surface area (Å²) < 4.78 is 33.8. The summed E-state index contributed by atoms with van der Waals surface area (Å²) in [5, 5.41) is 2.57. The number of alkyl halides is 1. The summed E-state index contributed by atoms with van der Waals surface area (Å²) in [5.41, 5.74) is 2.93. The number of anilines is 1. The van der Waals surface area contributed by atoms with Gasteiger partial charge >= 0.3 is 0 Å². The number of carbonyl (C=O) groups excluding carboxylic acids is 2. The molecule has 0 atom stereocenters. The summed E-state index contributed by atoms with van der Waals surface area (Å²) in [6, 6.07) is 10.7. The molecule has 2 aromatic carbocycles. The van der Waals surface area contributed by atoms with Crippen molar-refractivity contribution in [3.8, 4) is 11.1 Å². The van der Waals surface area contributed by atoms with E-state index in [1.807, 2.05) is 30.7 Å². The Bertz CT molecular complexity index is 1820. The van der Waals surface area contributed by atoms with Crippen molar-refractivity contribution in [2.24, 2.45) is 7.05 Å².